The number of hydrogen-bond acceptors (Lipinski definition) is 4. The van der Waals surface area contributed by atoms with Crippen molar-refractivity contribution < 1.29 is 19.2 Å². The number of para-hydroxylation sites is 2. The first-order valence-electron chi connectivity index (χ1n) is 9.87. The van der Waals surface area contributed by atoms with Crippen molar-refractivity contribution in [3.63, 3.8) is 0 Å². The molecule has 158 valence electrons. The number of benzene rings is 2. The molecule has 0 radical (unpaired) electrons. The van der Waals surface area contributed by atoms with Gasteiger partial charge in [0.2, 0.25) is 0 Å². The fourth-order valence-corrected chi connectivity index (χ4v) is 3.58. The zero-order chi connectivity index (χ0) is 21.7. The molecule has 2 N–H and O–H groups in total. The van der Waals surface area contributed by atoms with Gasteiger partial charge >= 0.3 is 0 Å². The van der Waals surface area contributed by atoms with Crippen molar-refractivity contribution in [1.82, 2.24) is 9.78 Å². The molecule has 0 aliphatic rings. The van der Waals surface area contributed by atoms with E-state index in [-0.39, 0.29) is 5.91 Å². The standard InChI is InChI=1S/C23H28N4O3/c1-16-22(17(2)27(25-16)19-11-7-6-8-12-19)24-21(28)15-26(3)14-18-10-9-13-20(29-4)23(18)30-5/h6-13H,14-15H2,1-5H3,(H,24,28)/p+1. The number of nitrogens with zero attached hydrogens (tertiary/aromatic N) is 2. The summed E-state index contributed by atoms with van der Waals surface area (Å²) in [5.74, 6) is 1.33. The molecule has 3 rings (SSSR count). The number of likely N-dealkylation sites (N-methyl/N-ethyl adjacent to an activating group) is 1. The Kier molecular flexibility index (Phi) is 6.74. The summed E-state index contributed by atoms with van der Waals surface area (Å²) < 4.78 is 12.7. The molecule has 0 aliphatic heterocycles. The molecule has 0 bridgehead atoms. The molecule has 0 fully saturated rings. The van der Waals surface area contributed by atoms with Crippen LogP contribution in [0.25, 0.3) is 5.69 Å². The highest BCUT2D eigenvalue weighted by atomic mass is 16.5. The number of nitrogens with one attached hydrogen (secondary N) is 2. The van der Waals surface area contributed by atoms with Crippen LogP contribution in [0.4, 0.5) is 5.69 Å². The molecule has 0 spiro atoms. The van der Waals surface area contributed by atoms with Crippen LogP contribution in [-0.2, 0) is 11.3 Å². The number of ether oxygens (including phenoxy) is 2. The van der Waals surface area contributed by atoms with E-state index >= 15 is 0 Å². The van der Waals surface area contributed by atoms with Crippen molar-refractivity contribution in [2.24, 2.45) is 0 Å². The molecule has 3 aromatic rings. The Morgan fingerprint density at radius 3 is 2.47 bits per heavy atom. The monoisotopic (exact) mass is 409 g/mol. The van der Waals surface area contributed by atoms with Crippen molar-refractivity contribution in [3.05, 3.63) is 65.5 Å². The van der Waals surface area contributed by atoms with E-state index < -0.39 is 0 Å². The van der Waals surface area contributed by atoms with Crippen LogP contribution in [0.1, 0.15) is 17.0 Å². The molecule has 7 heteroatoms. The van der Waals surface area contributed by atoms with Gasteiger partial charge in [0.25, 0.3) is 5.91 Å². The molecule has 0 saturated carbocycles. The molecule has 1 aromatic heterocycles. The highest BCUT2D eigenvalue weighted by molar-refractivity contribution is 5.92. The molecular weight excluding hydrogens is 380 g/mol. The number of quaternary nitrogens is 1. The minimum absolute atomic E-state index is 0.0619. The topological polar surface area (TPSA) is 69.8 Å². The SMILES string of the molecule is COc1cccc(C[NH+](C)CC(=O)Nc2c(C)nn(-c3ccccc3)c2C)c1OC. The van der Waals surface area contributed by atoms with Gasteiger partial charge in [-0.2, -0.15) is 5.10 Å². The number of carbonyl (C=O) groups is 1. The van der Waals surface area contributed by atoms with E-state index in [0.29, 0.717) is 24.6 Å². The van der Waals surface area contributed by atoms with Gasteiger partial charge in [0.15, 0.2) is 18.0 Å². The Morgan fingerprint density at radius 2 is 1.80 bits per heavy atom. The average molecular weight is 410 g/mol. The third-order valence-electron chi connectivity index (χ3n) is 5.00. The zero-order valence-corrected chi connectivity index (χ0v) is 18.2. The Labute approximate surface area is 177 Å². The Bertz CT molecular complexity index is 1010. The highest BCUT2D eigenvalue weighted by Gasteiger charge is 2.19. The molecule has 1 atom stereocenters. The van der Waals surface area contributed by atoms with E-state index in [1.165, 1.54) is 0 Å². The number of aromatic nitrogens is 2. The summed E-state index contributed by atoms with van der Waals surface area (Å²) in [7, 11) is 5.22. The van der Waals surface area contributed by atoms with Crippen molar-refractivity contribution in [2.45, 2.75) is 20.4 Å². The van der Waals surface area contributed by atoms with Crippen LogP contribution < -0.4 is 19.7 Å². The van der Waals surface area contributed by atoms with E-state index in [1.54, 1.807) is 14.2 Å². The summed E-state index contributed by atoms with van der Waals surface area (Å²) >= 11 is 0. The fourth-order valence-electron chi connectivity index (χ4n) is 3.58. The zero-order valence-electron chi connectivity index (χ0n) is 18.2. The van der Waals surface area contributed by atoms with Crippen molar-refractivity contribution in [3.8, 4) is 17.2 Å². The van der Waals surface area contributed by atoms with Gasteiger partial charge in [0, 0.05) is 0 Å². The predicted molar refractivity (Wildman–Crippen MR) is 117 cm³/mol. The Morgan fingerprint density at radius 1 is 1.07 bits per heavy atom. The lowest BCUT2D eigenvalue weighted by molar-refractivity contribution is -0.885. The highest BCUT2D eigenvalue weighted by Crippen LogP contribution is 2.30. The summed E-state index contributed by atoms with van der Waals surface area (Å²) in [5, 5.41) is 7.62. The van der Waals surface area contributed by atoms with Gasteiger partial charge in [-0.1, -0.05) is 24.3 Å². The summed E-state index contributed by atoms with van der Waals surface area (Å²) in [6.45, 7) is 4.81. The van der Waals surface area contributed by atoms with Gasteiger partial charge in [-0.15, -0.1) is 0 Å². The normalized spacial score (nSPS) is 11.8. The van der Waals surface area contributed by atoms with E-state index in [0.717, 1.165) is 33.2 Å². The van der Waals surface area contributed by atoms with E-state index in [4.69, 9.17) is 9.47 Å². The van der Waals surface area contributed by atoms with E-state index in [1.807, 2.05) is 74.1 Å². The number of carbonyl (C=O) groups excluding carboxylic acids is 1. The molecule has 1 unspecified atom stereocenters. The second-order valence-electron chi connectivity index (χ2n) is 7.30. The lowest BCUT2D eigenvalue weighted by Gasteiger charge is -2.17. The lowest BCUT2D eigenvalue weighted by atomic mass is 10.1. The first kappa shape index (κ1) is 21.4. The second kappa shape index (κ2) is 9.45. The second-order valence-corrected chi connectivity index (χ2v) is 7.30. The summed E-state index contributed by atoms with van der Waals surface area (Å²) in [6, 6.07) is 15.7. The number of methoxy groups -OCH3 is 2. The molecule has 0 saturated heterocycles. The van der Waals surface area contributed by atoms with Crippen molar-refractivity contribution in [2.75, 3.05) is 33.1 Å². The molecule has 1 heterocycles. The van der Waals surface area contributed by atoms with Crippen molar-refractivity contribution in [1.29, 1.82) is 0 Å². The molecular formula is C23H29N4O3+. The first-order valence-corrected chi connectivity index (χ1v) is 9.87. The molecule has 0 aliphatic carbocycles. The van der Waals surface area contributed by atoms with Gasteiger partial charge in [0.1, 0.15) is 6.54 Å². The Balaban J connectivity index is 1.69. The average Bonchev–Trinajstić information content (AvgIpc) is 3.02. The van der Waals surface area contributed by atoms with Crippen molar-refractivity contribution >= 4 is 11.6 Å². The summed E-state index contributed by atoms with van der Waals surface area (Å²) in [5.41, 5.74) is 4.41. The lowest BCUT2D eigenvalue weighted by Crippen LogP contribution is -3.08. The van der Waals surface area contributed by atoms with Crippen LogP contribution >= 0.6 is 0 Å². The molecule has 30 heavy (non-hydrogen) atoms. The minimum Gasteiger partial charge on any atom is -0.493 e. The van der Waals surface area contributed by atoms with Crippen LogP contribution in [0, 0.1) is 13.8 Å². The predicted octanol–water partition coefficient (Wildman–Crippen LogP) is 2.16. The van der Waals surface area contributed by atoms with Gasteiger partial charge in [0.05, 0.1) is 49.6 Å². The quantitative estimate of drug-likeness (QED) is 0.598. The third kappa shape index (κ3) is 4.63. The fraction of sp³-hybridized carbons (Fsp3) is 0.304. The van der Waals surface area contributed by atoms with E-state index in [9.17, 15) is 4.79 Å². The third-order valence-corrected chi connectivity index (χ3v) is 5.00. The smallest absolute Gasteiger partial charge is 0.279 e. The minimum atomic E-state index is -0.0619. The summed E-state index contributed by atoms with van der Waals surface area (Å²) in [6.07, 6.45) is 0. The molecule has 1 amide bonds. The van der Waals surface area contributed by atoms with Crippen LogP contribution in [0.15, 0.2) is 48.5 Å². The maximum absolute atomic E-state index is 12.7. The number of anilines is 1. The maximum atomic E-state index is 12.7. The maximum Gasteiger partial charge on any atom is 0.279 e. The van der Waals surface area contributed by atoms with E-state index in [2.05, 4.69) is 10.4 Å². The number of rotatable bonds is 8. The van der Waals surface area contributed by atoms with Crippen LogP contribution in [-0.4, -0.2) is 43.5 Å². The summed E-state index contributed by atoms with van der Waals surface area (Å²) in [4.78, 5) is 13.7. The van der Waals surface area contributed by atoms with Crippen LogP contribution in [0.5, 0.6) is 11.5 Å². The van der Waals surface area contributed by atoms with Crippen LogP contribution in [0.3, 0.4) is 0 Å². The van der Waals surface area contributed by atoms with Crippen LogP contribution in [0.2, 0.25) is 0 Å². The van der Waals surface area contributed by atoms with Gasteiger partial charge in [-0.3, -0.25) is 4.79 Å². The van der Waals surface area contributed by atoms with Gasteiger partial charge in [-0.25, -0.2) is 4.68 Å². The van der Waals surface area contributed by atoms with Gasteiger partial charge < -0.3 is 19.7 Å². The largest absolute Gasteiger partial charge is 0.493 e. The first-order chi connectivity index (χ1) is 14.4. The molecule has 7 nitrogen and oxygen atoms in total. The molecule has 2 aromatic carbocycles. The van der Waals surface area contributed by atoms with Gasteiger partial charge in [-0.05, 0) is 38.1 Å². The number of aryl methyl sites for hydroxylation is 1. The number of amides is 1. The number of hydrogen-bond donors (Lipinski definition) is 2. The Hall–Kier alpha value is -3.32.